The third-order valence-corrected chi connectivity index (χ3v) is 4.15. The predicted octanol–water partition coefficient (Wildman–Crippen LogP) is 2.66. The number of aromatic nitrogens is 3. The van der Waals surface area contributed by atoms with Crippen molar-refractivity contribution in [2.45, 2.75) is 13.5 Å². The van der Waals surface area contributed by atoms with Crippen molar-refractivity contribution < 1.29 is 4.79 Å². The summed E-state index contributed by atoms with van der Waals surface area (Å²) in [6.07, 6.45) is 1.72. The summed E-state index contributed by atoms with van der Waals surface area (Å²) in [4.78, 5) is 16.8. The molecule has 0 aliphatic carbocycles. The fourth-order valence-corrected chi connectivity index (χ4v) is 2.81. The van der Waals surface area contributed by atoms with Gasteiger partial charge >= 0.3 is 0 Å². The Morgan fingerprint density at radius 1 is 1.12 bits per heavy atom. The van der Waals surface area contributed by atoms with E-state index < -0.39 is 0 Å². The molecule has 3 aromatic rings. The van der Waals surface area contributed by atoms with Crippen molar-refractivity contribution in [2.24, 2.45) is 0 Å². The average Bonchev–Trinajstić information content (AvgIpc) is 3.10. The number of carbonyl (C=O) groups excluding carboxylic acids is 1. The number of rotatable bonds is 6. The predicted molar refractivity (Wildman–Crippen MR) is 99.9 cm³/mol. The van der Waals surface area contributed by atoms with Crippen LogP contribution in [0, 0.1) is 0 Å². The monoisotopic (exact) mass is 337 g/mol. The minimum absolute atomic E-state index is 0.130. The lowest BCUT2D eigenvalue weighted by Crippen LogP contribution is -2.31. The number of hydrogen-bond acceptors (Lipinski definition) is 4. The Bertz CT molecular complexity index is 866. The Hall–Kier alpha value is -2.73. The van der Waals surface area contributed by atoms with Gasteiger partial charge in [0.2, 0.25) is 0 Å². The fraction of sp³-hybridized carbons (Fsp3) is 0.316. The highest BCUT2D eigenvalue weighted by Gasteiger charge is 2.21. The third kappa shape index (κ3) is 3.69. The van der Waals surface area contributed by atoms with Gasteiger partial charge < -0.3 is 9.80 Å². The standard InChI is InChI=1S/C19H23N5O/c1-4-24(18-11-7-9-15-8-5-6-10-16(15)18)19(25)17-14-23(21-20-17)13-12-22(2)3/h5-11,14H,4,12-13H2,1-3H3. The summed E-state index contributed by atoms with van der Waals surface area (Å²) in [5, 5.41) is 10.3. The van der Waals surface area contributed by atoms with Gasteiger partial charge in [0.1, 0.15) is 0 Å². The van der Waals surface area contributed by atoms with E-state index in [2.05, 4.69) is 27.3 Å². The number of amides is 1. The van der Waals surface area contributed by atoms with Crippen LogP contribution in [-0.2, 0) is 6.54 Å². The molecule has 0 fully saturated rings. The summed E-state index contributed by atoms with van der Waals surface area (Å²) < 4.78 is 1.71. The van der Waals surface area contributed by atoms with Crippen molar-refractivity contribution in [3.63, 3.8) is 0 Å². The number of carbonyl (C=O) groups is 1. The third-order valence-electron chi connectivity index (χ3n) is 4.15. The molecule has 1 amide bonds. The minimum Gasteiger partial charge on any atom is -0.308 e. The van der Waals surface area contributed by atoms with Crippen LogP contribution in [-0.4, -0.2) is 53.0 Å². The number of likely N-dealkylation sites (N-methyl/N-ethyl adjacent to an activating group) is 1. The largest absolute Gasteiger partial charge is 0.308 e. The van der Waals surface area contributed by atoms with E-state index in [9.17, 15) is 4.79 Å². The highest BCUT2D eigenvalue weighted by atomic mass is 16.2. The number of anilines is 1. The van der Waals surface area contributed by atoms with Crippen LogP contribution in [0.1, 0.15) is 17.4 Å². The van der Waals surface area contributed by atoms with Crippen molar-refractivity contribution in [3.05, 3.63) is 54.4 Å². The molecule has 1 aromatic heterocycles. The van der Waals surface area contributed by atoms with Crippen LogP contribution in [0.15, 0.2) is 48.7 Å². The second-order valence-electron chi connectivity index (χ2n) is 6.22. The quantitative estimate of drug-likeness (QED) is 0.694. The van der Waals surface area contributed by atoms with Crippen LogP contribution in [0.2, 0.25) is 0 Å². The second kappa shape index (κ2) is 7.44. The minimum atomic E-state index is -0.130. The van der Waals surface area contributed by atoms with Gasteiger partial charge in [0.05, 0.1) is 18.4 Å². The van der Waals surface area contributed by atoms with E-state index in [0.717, 1.165) is 23.0 Å². The van der Waals surface area contributed by atoms with Crippen LogP contribution < -0.4 is 4.90 Å². The molecule has 0 atom stereocenters. The molecule has 25 heavy (non-hydrogen) atoms. The van der Waals surface area contributed by atoms with E-state index in [0.29, 0.717) is 18.8 Å². The number of fused-ring (bicyclic) bond motifs is 1. The molecule has 2 aromatic carbocycles. The smallest absolute Gasteiger partial charge is 0.280 e. The SMILES string of the molecule is CCN(C(=O)c1cn(CCN(C)C)nn1)c1cccc2ccccc12. The first-order chi connectivity index (χ1) is 12.1. The molecule has 0 bridgehead atoms. The van der Waals surface area contributed by atoms with E-state index in [-0.39, 0.29) is 5.91 Å². The number of benzene rings is 2. The van der Waals surface area contributed by atoms with Gasteiger partial charge in [0, 0.05) is 18.5 Å². The Labute approximate surface area is 147 Å². The zero-order chi connectivity index (χ0) is 17.8. The van der Waals surface area contributed by atoms with Gasteiger partial charge in [-0.05, 0) is 32.5 Å². The van der Waals surface area contributed by atoms with Crippen molar-refractivity contribution in [3.8, 4) is 0 Å². The summed E-state index contributed by atoms with van der Waals surface area (Å²) in [5.41, 5.74) is 1.27. The molecule has 1 heterocycles. The van der Waals surface area contributed by atoms with Gasteiger partial charge in [-0.1, -0.05) is 41.6 Å². The van der Waals surface area contributed by atoms with Crippen LogP contribution in [0.25, 0.3) is 10.8 Å². The van der Waals surface area contributed by atoms with Gasteiger partial charge in [0.15, 0.2) is 5.69 Å². The van der Waals surface area contributed by atoms with E-state index in [1.807, 2.05) is 51.4 Å². The lowest BCUT2D eigenvalue weighted by molar-refractivity contribution is 0.0983. The van der Waals surface area contributed by atoms with E-state index in [4.69, 9.17) is 0 Å². The molecule has 0 saturated heterocycles. The van der Waals surface area contributed by atoms with Gasteiger partial charge in [-0.3, -0.25) is 9.48 Å². The van der Waals surface area contributed by atoms with Gasteiger partial charge in [0.25, 0.3) is 5.91 Å². The van der Waals surface area contributed by atoms with Gasteiger partial charge in [-0.2, -0.15) is 0 Å². The number of nitrogens with zero attached hydrogens (tertiary/aromatic N) is 5. The molecule has 0 aliphatic heterocycles. The molecule has 0 N–H and O–H groups in total. The summed E-state index contributed by atoms with van der Waals surface area (Å²) >= 11 is 0. The van der Waals surface area contributed by atoms with Crippen molar-refractivity contribution >= 4 is 22.4 Å². The van der Waals surface area contributed by atoms with Crippen LogP contribution in [0.3, 0.4) is 0 Å². The van der Waals surface area contributed by atoms with Gasteiger partial charge in [-0.15, -0.1) is 5.10 Å². The molecule has 0 unspecified atom stereocenters. The summed E-state index contributed by atoms with van der Waals surface area (Å²) in [5.74, 6) is -0.130. The summed E-state index contributed by atoms with van der Waals surface area (Å²) in [6.45, 7) is 4.08. The lowest BCUT2D eigenvalue weighted by atomic mass is 10.1. The first-order valence-corrected chi connectivity index (χ1v) is 8.44. The summed E-state index contributed by atoms with van der Waals surface area (Å²) in [7, 11) is 4.00. The molecule has 6 nitrogen and oxygen atoms in total. The zero-order valence-electron chi connectivity index (χ0n) is 14.9. The number of hydrogen-bond donors (Lipinski definition) is 0. The van der Waals surface area contributed by atoms with Crippen LogP contribution in [0.4, 0.5) is 5.69 Å². The molecule has 0 aliphatic rings. The maximum atomic E-state index is 13.0. The Kier molecular flexibility index (Phi) is 5.09. The van der Waals surface area contributed by atoms with Crippen molar-refractivity contribution in [1.82, 2.24) is 19.9 Å². The molecule has 6 heteroatoms. The maximum Gasteiger partial charge on any atom is 0.280 e. The van der Waals surface area contributed by atoms with E-state index in [1.165, 1.54) is 0 Å². The highest BCUT2D eigenvalue weighted by Crippen LogP contribution is 2.27. The van der Waals surface area contributed by atoms with E-state index in [1.54, 1.807) is 15.8 Å². The molecular weight excluding hydrogens is 314 g/mol. The van der Waals surface area contributed by atoms with E-state index >= 15 is 0 Å². The van der Waals surface area contributed by atoms with Crippen LogP contribution >= 0.6 is 0 Å². The van der Waals surface area contributed by atoms with Crippen LogP contribution in [0.5, 0.6) is 0 Å². The van der Waals surface area contributed by atoms with Gasteiger partial charge in [-0.25, -0.2) is 0 Å². The zero-order valence-corrected chi connectivity index (χ0v) is 14.9. The first-order valence-electron chi connectivity index (χ1n) is 8.44. The van der Waals surface area contributed by atoms with Crippen molar-refractivity contribution in [2.75, 3.05) is 32.1 Å². The molecular formula is C19H23N5O. The molecule has 0 saturated carbocycles. The lowest BCUT2D eigenvalue weighted by Gasteiger charge is -2.21. The average molecular weight is 337 g/mol. The maximum absolute atomic E-state index is 13.0. The second-order valence-corrected chi connectivity index (χ2v) is 6.22. The molecule has 130 valence electrons. The molecule has 0 spiro atoms. The Morgan fingerprint density at radius 2 is 1.88 bits per heavy atom. The topological polar surface area (TPSA) is 54.3 Å². The summed E-state index contributed by atoms with van der Waals surface area (Å²) in [6, 6.07) is 14.1. The highest BCUT2D eigenvalue weighted by molar-refractivity contribution is 6.09. The normalized spacial score (nSPS) is 11.2. The fourth-order valence-electron chi connectivity index (χ4n) is 2.81. The first kappa shape index (κ1) is 17.1. The Balaban J connectivity index is 1.89. The Morgan fingerprint density at radius 3 is 2.64 bits per heavy atom. The van der Waals surface area contributed by atoms with Crippen molar-refractivity contribution in [1.29, 1.82) is 0 Å². The molecule has 3 rings (SSSR count). The molecule has 0 radical (unpaired) electrons.